The molecule has 0 radical (unpaired) electrons. The van der Waals surface area contributed by atoms with Crippen LogP contribution in [0.15, 0.2) is 41.5 Å². The molecule has 2 aliphatic rings. The normalized spacial score (nSPS) is 27.1. The third-order valence-electron chi connectivity index (χ3n) is 4.26. The van der Waals surface area contributed by atoms with E-state index in [1.807, 2.05) is 30.3 Å². The molecule has 21 heavy (non-hydrogen) atoms. The van der Waals surface area contributed by atoms with Gasteiger partial charge in [0.1, 0.15) is 0 Å². The van der Waals surface area contributed by atoms with E-state index in [1.54, 1.807) is 0 Å². The lowest BCUT2D eigenvalue weighted by Crippen LogP contribution is -2.28. The number of fused-ring (bicyclic) bond motifs is 2. The molecular weight excluding hydrogens is 272 g/mol. The Kier molecular flexibility index (Phi) is 3.51. The fourth-order valence-corrected chi connectivity index (χ4v) is 3.31. The number of rotatable bonds is 5. The first-order valence-corrected chi connectivity index (χ1v) is 6.98. The van der Waals surface area contributed by atoms with E-state index in [4.69, 9.17) is 9.84 Å². The highest BCUT2D eigenvalue weighted by atomic mass is 16.5. The fourth-order valence-electron chi connectivity index (χ4n) is 3.31. The highest BCUT2D eigenvalue weighted by molar-refractivity contribution is 6.01. The third-order valence-corrected chi connectivity index (χ3v) is 4.26. The van der Waals surface area contributed by atoms with Crippen molar-refractivity contribution in [1.29, 1.82) is 0 Å². The fraction of sp³-hybridized carbons (Fsp3) is 0.375. The molecule has 2 heterocycles. The number of carboxylic acid groups (broad SMARTS) is 2. The van der Waals surface area contributed by atoms with Crippen molar-refractivity contribution in [1.82, 2.24) is 0 Å². The Morgan fingerprint density at radius 1 is 1.10 bits per heavy atom. The van der Waals surface area contributed by atoms with Gasteiger partial charge in [-0.2, -0.15) is 0 Å². The average Bonchev–Trinajstić information content (AvgIpc) is 3.03. The monoisotopic (exact) mass is 288 g/mol. The van der Waals surface area contributed by atoms with Crippen molar-refractivity contribution in [2.24, 2.45) is 5.92 Å². The number of aryl methyl sites for hydroxylation is 1. The second kappa shape index (κ2) is 5.33. The van der Waals surface area contributed by atoms with Crippen LogP contribution in [0.3, 0.4) is 0 Å². The molecule has 1 aromatic carbocycles. The van der Waals surface area contributed by atoms with E-state index < -0.39 is 24.1 Å². The second-order valence-corrected chi connectivity index (χ2v) is 5.50. The number of benzene rings is 1. The van der Waals surface area contributed by atoms with Gasteiger partial charge in [0, 0.05) is 0 Å². The Morgan fingerprint density at radius 2 is 1.76 bits per heavy atom. The van der Waals surface area contributed by atoms with E-state index in [0.717, 1.165) is 12.8 Å². The van der Waals surface area contributed by atoms with Gasteiger partial charge in [0.2, 0.25) is 0 Å². The zero-order chi connectivity index (χ0) is 15.0. The summed E-state index contributed by atoms with van der Waals surface area (Å²) in [6, 6.07) is 9.96. The molecule has 5 nitrogen and oxygen atoms in total. The van der Waals surface area contributed by atoms with Crippen molar-refractivity contribution in [2.75, 3.05) is 0 Å². The van der Waals surface area contributed by atoms with Gasteiger partial charge < -0.3 is 14.9 Å². The number of carbonyl (C=O) groups is 2. The van der Waals surface area contributed by atoms with Gasteiger partial charge in [0.05, 0.1) is 23.4 Å². The molecule has 2 N–H and O–H groups in total. The molecule has 1 aromatic rings. The molecule has 3 atom stereocenters. The molecule has 0 amide bonds. The van der Waals surface area contributed by atoms with Crippen LogP contribution in [0, 0.1) is 5.92 Å². The van der Waals surface area contributed by atoms with Crippen molar-refractivity contribution in [3.05, 3.63) is 47.0 Å². The maximum atomic E-state index is 11.3. The molecule has 0 spiro atoms. The van der Waals surface area contributed by atoms with Gasteiger partial charge in [-0.15, -0.1) is 0 Å². The van der Waals surface area contributed by atoms with E-state index >= 15 is 0 Å². The summed E-state index contributed by atoms with van der Waals surface area (Å²) in [5.41, 5.74) is 1.07. The Labute approximate surface area is 121 Å². The highest BCUT2D eigenvalue weighted by Gasteiger charge is 2.51. The topological polar surface area (TPSA) is 83.8 Å². The van der Waals surface area contributed by atoms with Crippen LogP contribution in [-0.4, -0.2) is 34.4 Å². The average molecular weight is 288 g/mol. The molecule has 3 unspecified atom stereocenters. The molecule has 2 bridgehead atoms. The van der Waals surface area contributed by atoms with E-state index in [0.29, 0.717) is 6.42 Å². The van der Waals surface area contributed by atoms with Gasteiger partial charge in [-0.25, -0.2) is 9.59 Å². The van der Waals surface area contributed by atoms with E-state index in [9.17, 15) is 14.7 Å². The predicted molar refractivity (Wildman–Crippen MR) is 73.8 cm³/mol. The van der Waals surface area contributed by atoms with Gasteiger partial charge in [-0.05, 0) is 30.7 Å². The van der Waals surface area contributed by atoms with E-state index in [2.05, 4.69) is 0 Å². The number of aliphatic carboxylic acids is 2. The zero-order valence-corrected chi connectivity index (χ0v) is 11.4. The second-order valence-electron chi connectivity index (χ2n) is 5.50. The summed E-state index contributed by atoms with van der Waals surface area (Å²) in [4.78, 5) is 22.5. The third kappa shape index (κ3) is 2.45. The highest BCUT2D eigenvalue weighted by Crippen LogP contribution is 2.45. The lowest BCUT2D eigenvalue weighted by molar-refractivity contribution is -0.136. The van der Waals surface area contributed by atoms with Crippen LogP contribution in [-0.2, 0) is 20.7 Å². The van der Waals surface area contributed by atoms with E-state index in [1.165, 1.54) is 5.56 Å². The van der Waals surface area contributed by atoms with Crippen molar-refractivity contribution >= 4 is 11.9 Å². The minimum Gasteiger partial charge on any atom is -0.478 e. The molecule has 5 heteroatoms. The van der Waals surface area contributed by atoms with Crippen LogP contribution in [0.4, 0.5) is 0 Å². The summed E-state index contributed by atoms with van der Waals surface area (Å²) in [5, 5.41) is 18.4. The summed E-state index contributed by atoms with van der Waals surface area (Å²) in [7, 11) is 0. The Balaban J connectivity index is 1.74. The largest absolute Gasteiger partial charge is 0.478 e. The SMILES string of the molecule is O=C(O)C1=C(C(=O)O)C2OC1CC2CCc1ccccc1. The summed E-state index contributed by atoms with van der Waals surface area (Å²) in [6.45, 7) is 0. The van der Waals surface area contributed by atoms with Gasteiger partial charge in [0.15, 0.2) is 0 Å². The van der Waals surface area contributed by atoms with Crippen LogP contribution >= 0.6 is 0 Å². The van der Waals surface area contributed by atoms with Crippen molar-refractivity contribution < 1.29 is 24.5 Å². The maximum absolute atomic E-state index is 11.3. The van der Waals surface area contributed by atoms with Gasteiger partial charge in [0.25, 0.3) is 0 Å². The molecule has 2 aliphatic heterocycles. The van der Waals surface area contributed by atoms with Crippen molar-refractivity contribution in [3.63, 3.8) is 0 Å². The molecule has 1 saturated heterocycles. The van der Waals surface area contributed by atoms with Crippen LogP contribution in [0.2, 0.25) is 0 Å². The molecule has 110 valence electrons. The van der Waals surface area contributed by atoms with Crippen molar-refractivity contribution in [3.8, 4) is 0 Å². The number of hydrogen-bond acceptors (Lipinski definition) is 3. The minimum atomic E-state index is -1.18. The van der Waals surface area contributed by atoms with Gasteiger partial charge in [-0.3, -0.25) is 0 Å². The minimum absolute atomic E-state index is 0.0585. The maximum Gasteiger partial charge on any atom is 0.334 e. The summed E-state index contributed by atoms with van der Waals surface area (Å²) >= 11 is 0. The van der Waals surface area contributed by atoms with Gasteiger partial charge in [-0.1, -0.05) is 30.3 Å². The smallest absolute Gasteiger partial charge is 0.334 e. The van der Waals surface area contributed by atoms with Crippen LogP contribution in [0.1, 0.15) is 18.4 Å². The Morgan fingerprint density at radius 3 is 2.38 bits per heavy atom. The summed E-state index contributed by atoms with van der Waals surface area (Å²) < 4.78 is 5.59. The quantitative estimate of drug-likeness (QED) is 0.864. The predicted octanol–water partition coefficient (Wildman–Crippen LogP) is 1.87. The summed E-state index contributed by atoms with van der Waals surface area (Å²) in [5.74, 6) is -2.28. The standard InChI is InChI=1S/C16H16O5/c17-15(18)12-11-8-10(14(21-11)13(12)16(19)20)7-6-9-4-2-1-3-5-9/h1-5,10-11,14H,6-8H2,(H,17,18)(H,19,20). The molecule has 0 aliphatic carbocycles. The first kappa shape index (κ1) is 13.8. The molecule has 0 aromatic heterocycles. The molecule has 1 fully saturated rings. The summed E-state index contributed by atoms with van der Waals surface area (Å²) in [6.07, 6.45) is 1.08. The number of carboxylic acids is 2. The van der Waals surface area contributed by atoms with Gasteiger partial charge >= 0.3 is 11.9 Å². The van der Waals surface area contributed by atoms with Crippen LogP contribution < -0.4 is 0 Å². The van der Waals surface area contributed by atoms with E-state index in [-0.39, 0.29) is 17.1 Å². The van der Waals surface area contributed by atoms with Crippen LogP contribution in [0.25, 0.3) is 0 Å². The number of ether oxygens (including phenoxy) is 1. The van der Waals surface area contributed by atoms with Crippen LogP contribution in [0.5, 0.6) is 0 Å². The molecule has 0 saturated carbocycles. The Bertz CT molecular complexity index is 604. The molecule has 3 rings (SSSR count). The first-order chi connectivity index (χ1) is 10.1. The Hall–Kier alpha value is -2.14. The first-order valence-electron chi connectivity index (χ1n) is 6.98. The lowest BCUT2D eigenvalue weighted by atomic mass is 9.81. The number of hydrogen-bond donors (Lipinski definition) is 2. The lowest BCUT2D eigenvalue weighted by Gasteiger charge is -2.20. The van der Waals surface area contributed by atoms with Crippen molar-refractivity contribution in [2.45, 2.75) is 31.5 Å². The molecular formula is C16H16O5. The zero-order valence-electron chi connectivity index (χ0n) is 11.4.